The number of hydrogen-bond acceptors (Lipinski definition) is 4. The van der Waals surface area contributed by atoms with Crippen LogP contribution < -0.4 is 5.32 Å². The fourth-order valence-corrected chi connectivity index (χ4v) is 1.70. The van der Waals surface area contributed by atoms with Crippen molar-refractivity contribution in [2.75, 3.05) is 13.2 Å². The molecule has 1 atom stereocenters. The Morgan fingerprint density at radius 3 is 2.48 bits per heavy atom. The highest BCUT2D eigenvalue weighted by Gasteiger charge is 2.20. The van der Waals surface area contributed by atoms with Gasteiger partial charge in [-0.15, -0.1) is 6.58 Å². The van der Waals surface area contributed by atoms with Crippen molar-refractivity contribution in [2.45, 2.75) is 32.6 Å². The average Bonchev–Trinajstić information content (AvgIpc) is 2.52. The van der Waals surface area contributed by atoms with Gasteiger partial charge in [0.2, 0.25) is 0 Å². The predicted octanol–water partition coefficient (Wildman–Crippen LogP) is 2.00. The van der Waals surface area contributed by atoms with E-state index in [1.165, 1.54) is 6.08 Å². The minimum atomic E-state index is -1.15. The number of nitrogens with one attached hydrogen (secondary N) is 1. The Morgan fingerprint density at radius 2 is 1.96 bits per heavy atom. The molecule has 1 aromatic carbocycles. The normalized spacial score (nSPS) is 12.0. The largest absolute Gasteiger partial charge is 0.480 e. The number of carboxylic acid groups (broad SMARTS) is 1. The van der Waals surface area contributed by atoms with Crippen LogP contribution >= 0.6 is 0 Å². The first kappa shape index (κ1) is 18.9. The average molecular weight is 321 g/mol. The molecule has 0 bridgehead atoms. The number of rotatable bonds is 10. The summed E-state index contributed by atoms with van der Waals surface area (Å²) in [6.07, 6.45) is 1.64. The van der Waals surface area contributed by atoms with Crippen LogP contribution in [0.25, 0.3) is 0 Å². The maximum Gasteiger partial charge on any atom is 0.328 e. The molecule has 126 valence electrons. The van der Waals surface area contributed by atoms with Gasteiger partial charge in [0.15, 0.2) is 6.04 Å². The van der Waals surface area contributed by atoms with Gasteiger partial charge >= 0.3 is 5.97 Å². The molecule has 0 saturated carbocycles. The first-order valence-corrected chi connectivity index (χ1v) is 7.37. The third-order valence-electron chi connectivity index (χ3n) is 2.92. The Kier molecular flexibility index (Phi) is 8.01. The Hall–Kier alpha value is -2.18. The zero-order chi connectivity index (χ0) is 17.2. The molecule has 0 saturated heterocycles. The van der Waals surface area contributed by atoms with Gasteiger partial charge in [0.1, 0.15) is 0 Å². The SMILES string of the molecule is C=CCOCC(NC(=O)c1ccc(COC(C)C)cc1)C(=O)O. The minimum Gasteiger partial charge on any atom is -0.480 e. The van der Waals surface area contributed by atoms with E-state index < -0.39 is 17.9 Å². The summed E-state index contributed by atoms with van der Waals surface area (Å²) in [6, 6.07) is 5.73. The Bertz CT molecular complexity index is 524. The van der Waals surface area contributed by atoms with Crippen LogP contribution in [0.5, 0.6) is 0 Å². The second kappa shape index (κ2) is 9.76. The quantitative estimate of drug-likeness (QED) is 0.508. The number of aliphatic carboxylic acids is 1. The van der Waals surface area contributed by atoms with E-state index in [-0.39, 0.29) is 19.3 Å². The van der Waals surface area contributed by atoms with E-state index >= 15 is 0 Å². The summed E-state index contributed by atoms with van der Waals surface area (Å²) in [6.45, 7) is 7.94. The van der Waals surface area contributed by atoms with Gasteiger partial charge in [-0.3, -0.25) is 4.79 Å². The van der Waals surface area contributed by atoms with E-state index in [1.807, 2.05) is 13.8 Å². The van der Waals surface area contributed by atoms with Crippen molar-refractivity contribution in [2.24, 2.45) is 0 Å². The predicted molar refractivity (Wildman–Crippen MR) is 86.3 cm³/mol. The maximum absolute atomic E-state index is 12.1. The van der Waals surface area contributed by atoms with Gasteiger partial charge in [0.05, 0.1) is 25.9 Å². The molecule has 1 unspecified atom stereocenters. The number of hydrogen-bond donors (Lipinski definition) is 2. The van der Waals surface area contributed by atoms with Crippen molar-refractivity contribution in [3.8, 4) is 0 Å². The van der Waals surface area contributed by atoms with Crippen LogP contribution in [0.15, 0.2) is 36.9 Å². The summed E-state index contributed by atoms with van der Waals surface area (Å²) >= 11 is 0. The topological polar surface area (TPSA) is 84.9 Å². The monoisotopic (exact) mass is 321 g/mol. The number of amides is 1. The van der Waals surface area contributed by atoms with Gasteiger partial charge in [-0.05, 0) is 31.5 Å². The van der Waals surface area contributed by atoms with E-state index in [1.54, 1.807) is 24.3 Å². The highest BCUT2D eigenvalue weighted by atomic mass is 16.5. The molecular formula is C17H23NO5. The molecule has 1 aromatic rings. The lowest BCUT2D eigenvalue weighted by molar-refractivity contribution is -0.140. The van der Waals surface area contributed by atoms with Crippen LogP contribution in [0.3, 0.4) is 0 Å². The van der Waals surface area contributed by atoms with Crippen LogP contribution in [-0.2, 0) is 20.9 Å². The lowest BCUT2D eigenvalue weighted by Crippen LogP contribution is -2.44. The zero-order valence-corrected chi connectivity index (χ0v) is 13.5. The number of carbonyl (C=O) groups excluding carboxylic acids is 1. The molecule has 0 radical (unpaired) electrons. The first-order chi connectivity index (χ1) is 10.9. The van der Waals surface area contributed by atoms with Crippen LogP contribution in [0.1, 0.15) is 29.8 Å². The lowest BCUT2D eigenvalue weighted by atomic mass is 10.1. The third-order valence-corrected chi connectivity index (χ3v) is 2.92. The fourth-order valence-electron chi connectivity index (χ4n) is 1.70. The van der Waals surface area contributed by atoms with Gasteiger partial charge in [-0.25, -0.2) is 4.79 Å². The molecule has 0 aliphatic rings. The van der Waals surface area contributed by atoms with E-state index in [0.29, 0.717) is 12.2 Å². The molecule has 0 aliphatic carbocycles. The van der Waals surface area contributed by atoms with Gasteiger partial charge in [-0.1, -0.05) is 18.2 Å². The van der Waals surface area contributed by atoms with Crippen molar-refractivity contribution in [3.63, 3.8) is 0 Å². The van der Waals surface area contributed by atoms with Crippen molar-refractivity contribution < 1.29 is 24.2 Å². The van der Waals surface area contributed by atoms with Crippen molar-refractivity contribution >= 4 is 11.9 Å². The molecule has 6 nitrogen and oxygen atoms in total. The Labute approximate surface area is 136 Å². The molecule has 1 amide bonds. The van der Waals surface area contributed by atoms with Crippen LogP contribution in [-0.4, -0.2) is 42.3 Å². The standard InChI is InChI=1S/C17H23NO5/c1-4-9-22-11-15(17(20)21)18-16(19)14-7-5-13(6-8-14)10-23-12(2)3/h4-8,12,15H,1,9-11H2,2-3H3,(H,18,19)(H,20,21). The lowest BCUT2D eigenvalue weighted by Gasteiger charge is -2.14. The number of carboxylic acids is 1. The van der Waals surface area contributed by atoms with Gasteiger partial charge in [0.25, 0.3) is 5.91 Å². The van der Waals surface area contributed by atoms with E-state index in [2.05, 4.69) is 11.9 Å². The van der Waals surface area contributed by atoms with Crippen molar-refractivity contribution in [1.29, 1.82) is 0 Å². The fraction of sp³-hybridized carbons (Fsp3) is 0.412. The molecule has 0 aromatic heterocycles. The molecule has 0 fully saturated rings. The van der Waals surface area contributed by atoms with Gasteiger partial charge in [-0.2, -0.15) is 0 Å². The highest BCUT2D eigenvalue weighted by Crippen LogP contribution is 2.07. The number of ether oxygens (including phenoxy) is 2. The van der Waals surface area contributed by atoms with Gasteiger partial charge < -0.3 is 19.9 Å². The molecule has 1 rings (SSSR count). The third kappa shape index (κ3) is 7.08. The first-order valence-electron chi connectivity index (χ1n) is 7.37. The maximum atomic E-state index is 12.1. The molecule has 23 heavy (non-hydrogen) atoms. The van der Waals surface area contributed by atoms with E-state index in [4.69, 9.17) is 14.6 Å². The summed E-state index contributed by atoms with van der Waals surface area (Å²) in [5.41, 5.74) is 1.33. The number of carbonyl (C=O) groups is 2. The molecule has 0 aliphatic heterocycles. The Balaban J connectivity index is 2.61. The molecule has 0 spiro atoms. The molecular weight excluding hydrogens is 298 g/mol. The summed E-state index contributed by atoms with van der Waals surface area (Å²) in [7, 11) is 0. The number of benzene rings is 1. The van der Waals surface area contributed by atoms with Crippen molar-refractivity contribution in [1.82, 2.24) is 5.32 Å². The van der Waals surface area contributed by atoms with Crippen LogP contribution in [0, 0.1) is 0 Å². The van der Waals surface area contributed by atoms with Crippen LogP contribution in [0.2, 0.25) is 0 Å². The van der Waals surface area contributed by atoms with E-state index in [0.717, 1.165) is 5.56 Å². The highest BCUT2D eigenvalue weighted by molar-refractivity contribution is 5.96. The minimum absolute atomic E-state index is 0.118. The molecule has 0 heterocycles. The summed E-state index contributed by atoms with van der Waals surface area (Å²) in [5.74, 6) is -1.61. The molecule has 6 heteroatoms. The second-order valence-corrected chi connectivity index (χ2v) is 5.25. The summed E-state index contributed by atoms with van der Waals surface area (Å²) < 4.78 is 10.6. The smallest absolute Gasteiger partial charge is 0.328 e. The van der Waals surface area contributed by atoms with Gasteiger partial charge in [0, 0.05) is 5.56 Å². The second-order valence-electron chi connectivity index (χ2n) is 5.25. The Morgan fingerprint density at radius 1 is 1.30 bits per heavy atom. The van der Waals surface area contributed by atoms with E-state index in [9.17, 15) is 9.59 Å². The van der Waals surface area contributed by atoms with Crippen molar-refractivity contribution in [3.05, 3.63) is 48.0 Å². The van der Waals surface area contributed by atoms with Crippen LogP contribution in [0.4, 0.5) is 0 Å². The zero-order valence-electron chi connectivity index (χ0n) is 13.5. The molecule has 2 N–H and O–H groups in total. The summed E-state index contributed by atoms with van der Waals surface area (Å²) in [5, 5.41) is 11.5. The summed E-state index contributed by atoms with van der Waals surface area (Å²) in [4.78, 5) is 23.2.